The van der Waals surface area contributed by atoms with E-state index in [0.717, 1.165) is 26.2 Å². The number of nitrogens with one attached hydrogen (secondary N) is 1. The van der Waals surface area contributed by atoms with Crippen molar-refractivity contribution < 1.29 is 19.1 Å². The maximum atomic E-state index is 12.4. The lowest BCUT2D eigenvalue weighted by molar-refractivity contribution is -0.131. The van der Waals surface area contributed by atoms with Gasteiger partial charge in [-0.1, -0.05) is 0 Å². The number of nitrogens with zero attached hydrogens (tertiary/aromatic N) is 2. The summed E-state index contributed by atoms with van der Waals surface area (Å²) in [4.78, 5) is 23.5. The summed E-state index contributed by atoms with van der Waals surface area (Å²) in [6.45, 7) is 5.33. The fourth-order valence-corrected chi connectivity index (χ4v) is 3.73. The summed E-state index contributed by atoms with van der Waals surface area (Å²) in [6, 6.07) is 14.5. The Hall–Kier alpha value is -3.14. The second kappa shape index (κ2) is 9.78. The van der Waals surface area contributed by atoms with Gasteiger partial charge in [0.05, 0.1) is 16.9 Å². The van der Waals surface area contributed by atoms with Gasteiger partial charge in [-0.15, -0.1) is 0 Å². The maximum Gasteiger partial charge on any atom is 0.308 e. The van der Waals surface area contributed by atoms with Gasteiger partial charge in [0.2, 0.25) is 0 Å². The van der Waals surface area contributed by atoms with Crippen LogP contribution in [0.4, 0.5) is 0 Å². The number of carbonyl (C=O) groups is 2. The molecular weight excluding hydrogens is 509 g/mol. The average molecular weight is 531 g/mol. The molecule has 160 valence electrons. The first kappa shape index (κ1) is 22.5. The monoisotopic (exact) mass is 531 g/mol. The molecule has 0 aliphatic heterocycles. The van der Waals surface area contributed by atoms with Crippen molar-refractivity contribution in [1.82, 2.24) is 9.99 Å². The van der Waals surface area contributed by atoms with Crippen LogP contribution in [0.1, 0.15) is 34.2 Å². The summed E-state index contributed by atoms with van der Waals surface area (Å²) in [5.74, 6) is 0.460. The molecule has 1 heterocycles. The summed E-state index contributed by atoms with van der Waals surface area (Å²) in [6.07, 6.45) is 1.62. The minimum atomic E-state index is -0.356. The molecule has 0 atom stereocenters. The van der Waals surface area contributed by atoms with Gasteiger partial charge in [0.25, 0.3) is 5.91 Å². The topological polar surface area (TPSA) is 81.9 Å². The van der Waals surface area contributed by atoms with Crippen LogP contribution in [0, 0.1) is 17.4 Å². The summed E-state index contributed by atoms with van der Waals surface area (Å²) in [5, 5.41) is 4.11. The number of halogens is 1. The second-order valence-corrected chi connectivity index (χ2v) is 7.96. The smallest absolute Gasteiger partial charge is 0.308 e. The summed E-state index contributed by atoms with van der Waals surface area (Å²) < 4.78 is 13.3. The third-order valence-electron chi connectivity index (χ3n) is 4.61. The molecule has 3 aromatic rings. The molecule has 1 aromatic heterocycles. The fourth-order valence-electron chi connectivity index (χ4n) is 3.17. The molecular formula is C23H22IN3O4. The molecule has 0 bridgehead atoms. The number of hydrazone groups is 1. The van der Waals surface area contributed by atoms with Crippen molar-refractivity contribution >= 4 is 40.7 Å². The highest BCUT2D eigenvalue weighted by molar-refractivity contribution is 14.1. The molecule has 1 amide bonds. The Morgan fingerprint density at radius 2 is 1.81 bits per heavy atom. The second-order valence-electron chi connectivity index (χ2n) is 6.80. The molecule has 0 fully saturated rings. The molecule has 1 N–H and O–H groups in total. The van der Waals surface area contributed by atoms with Crippen LogP contribution in [0.5, 0.6) is 11.5 Å². The number of methoxy groups -OCH3 is 1. The predicted octanol–water partition coefficient (Wildman–Crippen LogP) is 4.40. The van der Waals surface area contributed by atoms with Gasteiger partial charge in [0.1, 0.15) is 11.5 Å². The van der Waals surface area contributed by atoms with Gasteiger partial charge in [-0.05, 0) is 85.0 Å². The Balaban J connectivity index is 1.75. The van der Waals surface area contributed by atoms with E-state index in [9.17, 15) is 9.59 Å². The van der Waals surface area contributed by atoms with Gasteiger partial charge in [0.15, 0.2) is 0 Å². The number of aryl methyl sites for hydroxylation is 1. The van der Waals surface area contributed by atoms with Crippen LogP contribution in [0.2, 0.25) is 0 Å². The molecule has 0 unspecified atom stereocenters. The number of hydrogen-bond acceptors (Lipinski definition) is 5. The molecule has 7 nitrogen and oxygen atoms in total. The summed E-state index contributed by atoms with van der Waals surface area (Å²) in [7, 11) is 1.57. The van der Waals surface area contributed by atoms with Crippen LogP contribution in [0.3, 0.4) is 0 Å². The molecule has 0 spiro atoms. The van der Waals surface area contributed by atoms with Gasteiger partial charge in [-0.25, -0.2) is 5.43 Å². The highest BCUT2D eigenvalue weighted by atomic mass is 127. The lowest BCUT2D eigenvalue weighted by Crippen LogP contribution is -2.17. The minimum absolute atomic E-state index is 0.319. The zero-order valence-electron chi connectivity index (χ0n) is 17.6. The maximum absolute atomic E-state index is 12.4. The first-order valence-corrected chi connectivity index (χ1v) is 10.5. The standard InChI is InChI=1S/C23H22IN3O4/c1-14-11-18(13-25-26-23(29)17-5-10-21(24)22(12-17)30-4)15(2)27(14)19-6-8-20(9-7-19)31-16(3)28/h5-13H,1-4H3,(H,26,29)/b25-13-. The number of amides is 1. The van der Waals surface area contributed by atoms with Crippen molar-refractivity contribution in [2.75, 3.05) is 7.11 Å². The molecule has 0 aliphatic rings. The Morgan fingerprint density at radius 3 is 2.45 bits per heavy atom. The number of esters is 1. The van der Waals surface area contributed by atoms with E-state index in [0.29, 0.717) is 17.1 Å². The first-order chi connectivity index (χ1) is 14.8. The zero-order chi connectivity index (χ0) is 22.5. The number of ether oxygens (including phenoxy) is 2. The molecule has 0 saturated carbocycles. The van der Waals surface area contributed by atoms with E-state index in [1.807, 2.05) is 38.1 Å². The van der Waals surface area contributed by atoms with Crippen molar-refractivity contribution in [3.8, 4) is 17.2 Å². The van der Waals surface area contributed by atoms with Crippen LogP contribution in [0.15, 0.2) is 53.6 Å². The van der Waals surface area contributed by atoms with E-state index in [1.165, 1.54) is 6.92 Å². The molecule has 0 radical (unpaired) electrons. The van der Waals surface area contributed by atoms with E-state index in [2.05, 4.69) is 37.7 Å². The van der Waals surface area contributed by atoms with E-state index in [-0.39, 0.29) is 11.9 Å². The van der Waals surface area contributed by atoms with Crippen molar-refractivity contribution in [2.24, 2.45) is 5.10 Å². The number of aromatic nitrogens is 1. The van der Waals surface area contributed by atoms with Crippen LogP contribution in [-0.4, -0.2) is 29.8 Å². The van der Waals surface area contributed by atoms with Gasteiger partial charge < -0.3 is 14.0 Å². The Morgan fingerprint density at radius 1 is 1.10 bits per heavy atom. The van der Waals surface area contributed by atoms with Crippen LogP contribution >= 0.6 is 22.6 Å². The lowest BCUT2D eigenvalue weighted by Gasteiger charge is -2.10. The van der Waals surface area contributed by atoms with Gasteiger partial charge in [-0.3, -0.25) is 9.59 Å². The normalized spacial score (nSPS) is 10.9. The predicted molar refractivity (Wildman–Crippen MR) is 127 cm³/mol. The van der Waals surface area contributed by atoms with Crippen LogP contribution in [0.25, 0.3) is 5.69 Å². The van der Waals surface area contributed by atoms with Crippen molar-refractivity contribution in [3.63, 3.8) is 0 Å². The van der Waals surface area contributed by atoms with E-state index in [4.69, 9.17) is 9.47 Å². The van der Waals surface area contributed by atoms with Gasteiger partial charge in [-0.2, -0.15) is 5.10 Å². The number of benzene rings is 2. The molecule has 2 aromatic carbocycles. The number of hydrogen-bond donors (Lipinski definition) is 1. The minimum Gasteiger partial charge on any atom is -0.496 e. The molecule has 8 heteroatoms. The number of carbonyl (C=O) groups excluding carboxylic acids is 2. The number of rotatable bonds is 6. The average Bonchev–Trinajstić information content (AvgIpc) is 3.01. The summed E-state index contributed by atoms with van der Waals surface area (Å²) >= 11 is 2.15. The summed E-state index contributed by atoms with van der Waals surface area (Å²) in [5.41, 5.74) is 6.80. The van der Waals surface area contributed by atoms with Crippen molar-refractivity contribution in [3.05, 3.63) is 74.6 Å². The molecule has 31 heavy (non-hydrogen) atoms. The Bertz CT molecular complexity index is 1150. The molecule has 3 rings (SSSR count). The van der Waals surface area contributed by atoms with Crippen molar-refractivity contribution in [1.29, 1.82) is 0 Å². The third-order valence-corrected chi connectivity index (χ3v) is 5.50. The van der Waals surface area contributed by atoms with Crippen LogP contribution < -0.4 is 14.9 Å². The first-order valence-electron chi connectivity index (χ1n) is 9.45. The molecule has 0 aliphatic carbocycles. The van der Waals surface area contributed by atoms with Crippen LogP contribution in [-0.2, 0) is 4.79 Å². The third kappa shape index (κ3) is 5.32. The quantitative estimate of drug-likeness (QED) is 0.168. The van der Waals surface area contributed by atoms with Gasteiger partial charge in [0, 0.05) is 35.1 Å². The Labute approximate surface area is 194 Å². The largest absolute Gasteiger partial charge is 0.496 e. The van der Waals surface area contributed by atoms with E-state index in [1.54, 1.807) is 37.6 Å². The SMILES string of the molecule is COc1cc(C(=O)N/N=C\c2cc(C)n(-c3ccc(OC(C)=O)cc3)c2C)ccc1I. The Kier molecular flexibility index (Phi) is 7.11. The zero-order valence-corrected chi connectivity index (χ0v) is 19.8. The van der Waals surface area contributed by atoms with Gasteiger partial charge >= 0.3 is 5.97 Å². The van der Waals surface area contributed by atoms with Crippen molar-refractivity contribution in [2.45, 2.75) is 20.8 Å². The molecule has 0 saturated heterocycles. The lowest BCUT2D eigenvalue weighted by atomic mass is 10.2. The highest BCUT2D eigenvalue weighted by Crippen LogP contribution is 2.23. The van der Waals surface area contributed by atoms with E-state index < -0.39 is 0 Å². The fraction of sp³-hybridized carbons (Fsp3) is 0.174. The highest BCUT2D eigenvalue weighted by Gasteiger charge is 2.11. The van der Waals surface area contributed by atoms with E-state index >= 15 is 0 Å².